The number of benzene rings is 1. The van der Waals surface area contributed by atoms with Crippen LogP contribution in [0.15, 0.2) is 24.3 Å². The molecule has 5 nitrogen and oxygen atoms in total. The molecule has 1 rings (SSSR count). The summed E-state index contributed by atoms with van der Waals surface area (Å²) in [6.07, 6.45) is 0. The molecule has 7 heteroatoms. The Kier molecular flexibility index (Phi) is 11.4. The zero-order valence-electron chi connectivity index (χ0n) is 12.0. The second-order valence-electron chi connectivity index (χ2n) is 4.45. The van der Waals surface area contributed by atoms with Gasteiger partial charge in [0, 0.05) is 12.2 Å². The highest BCUT2D eigenvalue weighted by molar-refractivity contribution is 5.94. The SMILES string of the molecule is C[C@H](N)C(=O)Nc1ccc(OCCN(C)C)cc1.Cl.Cl. The number of carbonyl (C=O) groups excluding carboxylic acids is 1. The molecule has 0 aliphatic carbocycles. The largest absolute Gasteiger partial charge is 0.492 e. The van der Waals surface area contributed by atoms with Gasteiger partial charge in [-0.2, -0.15) is 0 Å². The molecule has 0 radical (unpaired) electrons. The molecule has 1 amide bonds. The molecule has 3 N–H and O–H groups in total. The number of nitrogens with one attached hydrogen (secondary N) is 1. The summed E-state index contributed by atoms with van der Waals surface area (Å²) in [6.45, 7) is 3.15. The molecule has 1 atom stereocenters. The summed E-state index contributed by atoms with van der Waals surface area (Å²) in [6, 6.07) is 6.73. The second kappa shape index (κ2) is 10.7. The third-order valence-electron chi connectivity index (χ3n) is 2.34. The van der Waals surface area contributed by atoms with Crippen molar-refractivity contribution >= 4 is 36.4 Å². The number of rotatable bonds is 6. The van der Waals surface area contributed by atoms with E-state index in [2.05, 4.69) is 10.2 Å². The van der Waals surface area contributed by atoms with Gasteiger partial charge < -0.3 is 20.7 Å². The van der Waals surface area contributed by atoms with Gasteiger partial charge in [-0.1, -0.05) is 0 Å². The Morgan fingerprint density at radius 2 is 1.85 bits per heavy atom. The average Bonchev–Trinajstić information content (AvgIpc) is 2.30. The first-order chi connectivity index (χ1) is 8.49. The summed E-state index contributed by atoms with van der Waals surface area (Å²) < 4.78 is 5.55. The van der Waals surface area contributed by atoms with E-state index < -0.39 is 6.04 Å². The highest BCUT2D eigenvalue weighted by atomic mass is 35.5. The van der Waals surface area contributed by atoms with Gasteiger partial charge in [-0.25, -0.2) is 0 Å². The molecule has 20 heavy (non-hydrogen) atoms. The first-order valence-electron chi connectivity index (χ1n) is 5.93. The first kappa shape index (κ1) is 21.3. The molecule has 0 aromatic heterocycles. The van der Waals surface area contributed by atoms with E-state index in [1.807, 2.05) is 26.2 Å². The van der Waals surface area contributed by atoms with Crippen molar-refractivity contribution in [3.8, 4) is 5.75 Å². The molecule has 0 heterocycles. The fraction of sp³-hybridized carbons (Fsp3) is 0.462. The van der Waals surface area contributed by atoms with Crippen LogP contribution in [0.25, 0.3) is 0 Å². The molecule has 1 aromatic rings. The molecule has 116 valence electrons. The van der Waals surface area contributed by atoms with Crippen LogP contribution in [0.5, 0.6) is 5.75 Å². The van der Waals surface area contributed by atoms with Crippen molar-refractivity contribution < 1.29 is 9.53 Å². The fourth-order valence-electron chi connectivity index (χ4n) is 1.24. The lowest BCUT2D eigenvalue weighted by atomic mass is 10.2. The maximum Gasteiger partial charge on any atom is 0.240 e. The third-order valence-corrected chi connectivity index (χ3v) is 2.34. The van der Waals surface area contributed by atoms with Crippen molar-refractivity contribution in [2.75, 3.05) is 32.6 Å². The van der Waals surface area contributed by atoms with Crippen LogP contribution in [-0.4, -0.2) is 44.1 Å². The lowest BCUT2D eigenvalue weighted by molar-refractivity contribution is -0.117. The molecule has 0 aliphatic heterocycles. The van der Waals surface area contributed by atoms with Crippen LogP contribution < -0.4 is 15.8 Å². The number of nitrogens with two attached hydrogens (primary N) is 1. The van der Waals surface area contributed by atoms with Crippen molar-refractivity contribution in [3.63, 3.8) is 0 Å². The molecule has 0 unspecified atom stereocenters. The first-order valence-corrected chi connectivity index (χ1v) is 5.93. The van der Waals surface area contributed by atoms with Gasteiger partial charge in [0.1, 0.15) is 12.4 Å². The Bertz CT molecular complexity index is 384. The minimum Gasteiger partial charge on any atom is -0.492 e. The molecule has 0 fully saturated rings. The standard InChI is InChI=1S/C13H21N3O2.2ClH/c1-10(14)13(17)15-11-4-6-12(7-5-11)18-9-8-16(2)3;;/h4-7,10H,8-9,14H2,1-3H3,(H,15,17);2*1H/t10-;;/m0../s1. The molecule has 1 aromatic carbocycles. The Labute approximate surface area is 132 Å². The predicted octanol–water partition coefficient (Wildman–Crippen LogP) is 1.76. The number of amides is 1. The number of nitrogens with zero attached hydrogens (tertiary/aromatic N) is 1. The van der Waals surface area contributed by atoms with Crippen LogP contribution in [0.3, 0.4) is 0 Å². The average molecular weight is 324 g/mol. The smallest absolute Gasteiger partial charge is 0.240 e. The molecule has 0 aliphatic rings. The number of hydrogen-bond acceptors (Lipinski definition) is 4. The fourth-order valence-corrected chi connectivity index (χ4v) is 1.24. The van der Waals surface area contributed by atoms with E-state index in [1.165, 1.54) is 0 Å². The van der Waals surface area contributed by atoms with Crippen molar-refractivity contribution in [3.05, 3.63) is 24.3 Å². The third kappa shape index (κ3) is 8.22. The van der Waals surface area contributed by atoms with E-state index in [0.29, 0.717) is 6.61 Å². The summed E-state index contributed by atoms with van der Waals surface area (Å²) in [5, 5.41) is 2.72. The van der Waals surface area contributed by atoms with Crippen LogP contribution in [0.4, 0.5) is 5.69 Å². The van der Waals surface area contributed by atoms with E-state index >= 15 is 0 Å². The number of hydrogen-bond donors (Lipinski definition) is 2. The Morgan fingerprint density at radius 3 is 2.30 bits per heavy atom. The van der Waals surface area contributed by atoms with Gasteiger partial charge in [0.25, 0.3) is 0 Å². The second-order valence-corrected chi connectivity index (χ2v) is 4.45. The maximum absolute atomic E-state index is 11.4. The predicted molar refractivity (Wildman–Crippen MR) is 87.3 cm³/mol. The van der Waals surface area contributed by atoms with E-state index in [0.717, 1.165) is 18.0 Å². The number of ether oxygens (including phenoxy) is 1. The van der Waals surface area contributed by atoms with Gasteiger partial charge in [-0.05, 0) is 45.3 Å². The summed E-state index contributed by atoms with van der Waals surface area (Å²) in [5.41, 5.74) is 6.19. The van der Waals surface area contributed by atoms with Gasteiger partial charge in [-0.3, -0.25) is 4.79 Å². The number of carbonyl (C=O) groups is 1. The molecular formula is C13H23Cl2N3O2. The zero-order valence-corrected chi connectivity index (χ0v) is 13.6. The molecule has 0 saturated carbocycles. The quantitative estimate of drug-likeness (QED) is 0.837. The topological polar surface area (TPSA) is 67.6 Å². The van der Waals surface area contributed by atoms with Crippen LogP contribution >= 0.6 is 24.8 Å². The Balaban J connectivity index is 0. The van der Waals surface area contributed by atoms with Crippen molar-refractivity contribution in [1.82, 2.24) is 4.90 Å². The van der Waals surface area contributed by atoms with Gasteiger partial charge in [0.05, 0.1) is 6.04 Å². The van der Waals surface area contributed by atoms with Gasteiger partial charge >= 0.3 is 0 Å². The maximum atomic E-state index is 11.4. The lowest BCUT2D eigenvalue weighted by Crippen LogP contribution is -2.32. The number of halogens is 2. The monoisotopic (exact) mass is 323 g/mol. The van der Waals surface area contributed by atoms with E-state index in [4.69, 9.17) is 10.5 Å². The van der Waals surface area contributed by atoms with Crippen LogP contribution in [-0.2, 0) is 4.79 Å². The lowest BCUT2D eigenvalue weighted by Gasteiger charge is -2.12. The summed E-state index contributed by atoms with van der Waals surface area (Å²) in [4.78, 5) is 13.4. The minimum absolute atomic E-state index is 0. The van der Waals surface area contributed by atoms with Crippen LogP contribution in [0, 0.1) is 0 Å². The van der Waals surface area contributed by atoms with E-state index in [-0.39, 0.29) is 30.7 Å². The molecule has 0 saturated heterocycles. The van der Waals surface area contributed by atoms with E-state index in [1.54, 1.807) is 19.1 Å². The van der Waals surface area contributed by atoms with Gasteiger partial charge in [0.15, 0.2) is 0 Å². The van der Waals surface area contributed by atoms with Crippen molar-refractivity contribution in [2.45, 2.75) is 13.0 Å². The summed E-state index contributed by atoms with van der Waals surface area (Å²) >= 11 is 0. The molecular weight excluding hydrogens is 301 g/mol. The van der Waals surface area contributed by atoms with E-state index in [9.17, 15) is 4.79 Å². The molecule has 0 spiro atoms. The van der Waals surface area contributed by atoms with Crippen LogP contribution in [0.2, 0.25) is 0 Å². The van der Waals surface area contributed by atoms with Crippen molar-refractivity contribution in [2.24, 2.45) is 5.73 Å². The Morgan fingerprint density at radius 1 is 1.30 bits per heavy atom. The number of likely N-dealkylation sites (N-methyl/N-ethyl adjacent to an activating group) is 1. The molecule has 0 bridgehead atoms. The highest BCUT2D eigenvalue weighted by Crippen LogP contribution is 2.15. The Hall–Kier alpha value is -1.01. The number of anilines is 1. The van der Waals surface area contributed by atoms with Crippen molar-refractivity contribution in [1.29, 1.82) is 0 Å². The summed E-state index contributed by atoms with van der Waals surface area (Å²) in [5.74, 6) is 0.590. The normalized spacial score (nSPS) is 11.1. The zero-order chi connectivity index (χ0) is 13.5. The van der Waals surface area contributed by atoms with Gasteiger partial charge in [0.2, 0.25) is 5.91 Å². The highest BCUT2D eigenvalue weighted by Gasteiger charge is 2.07. The van der Waals surface area contributed by atoms with Gasteiger partial charge in [-0.15, -0.1) is 24.8 Å². The van der Waals surface area contributed by atoms with Crippen LogP contribution in [0.1, 0.15) is 6.92 Å². The summed E-state index contributed by atoms with van der Waals surface area (Å²) in [7, 11) is 3.99. The minimum atomic E-state index is -0.513.